The lowest BCUT2D eigenvalue weighted by Gasteiger charge is -2.46. The van der Waals surface area contributed by atoms with Gasteiger partial charge in [0.25, 0.3) is 0 Å². The second-order valence-corrected chi connectivity index (χ2v) is 6.72. The molecule has 3 atom stereocenters. The molecule has 3 aliphatic rings. The van der Waals surface area contributed by atoms with Crippen LogP contribution < -0.4 is 20.1 Å². The second-order valence-electron chi connectivity index (χ2n) is 6.72. The Morgan fingerprint density at radius 3 is 2.68 bits per heavy atom. The van der Waals surface area contributed by atoms with Gasteiger partial charge in [-0.15, -0.1) is 0 Å². The third-order valence-electron chi connectivity index (χ3n) is 5.46. The van der Waals surface area contributed by atoms with Crippen LogP contribution in [0.2, 0.25) is 0 Å². The fourth-order valence-corrected chi connectivity index (χ4v) is 4.28. The summed E-state index contributed by atoms with van der Waals surface area (Å²) in [5, 5.41) is 5.58. The van der Waals surface area contributed by atoms with Gasteiger partial charge in [0.2, 0.25) is 5.91 Å². The molecular weight excluding hydrogens is 366 g/mol. The average molecular weight is 387 g/mol. The van der Waals surface area contributed by atoms with E-state index in [4.69, 9.17) is 14.2 Å². The van der Waals surface area contributed by atoms with E-state index in [-0.39, 0.29) is 6.61 Å². The number of benzene rings is 1. The van der Waals surface area contributed by atoms with Crippen LogP contribution in [0.25, 0.3) is 0 Å². The van der Waals surface area contributed by atoms with E-state index in [9.17, 15) is 14.4 Å². The molecule has 148 valence electrons. The number of nitrogens with one attached hydrogen (secondary N) is 2. The van der Waals surface area contributed by atoms with Crippen LogP contribution in [0.5, 0.6) is 11.5 Å². The number of rotatable bonds is 4. The van der Waals surface area contributed by atoms with E-state index in [1.807, 2.05) is 6.92 Å². The topological polar surface area (TPSA) is 106 Å². The van der Waals surface area contributed by atoms with E-state index in [0.29, 0.717) is 34.9 Å². The predicted molar refractivity (Wildman–Crippen MR) is 96.6 cm³/mol. The van der Waals surface area contributed by atoms with Crippen molar-refractivity contribution in [1.29, 1.82) is 0 Å². The molecule has 2 N–H and O–H groups in total. The number of hydrogen-bond acceptors (Lipinski definition) is 7. The molecule has 9 heteroatoms. The number of carbonyl (C=O) groups is 3. The van der Waals surface area contributed by atoms with E-state index >= 15 is 0 Å². The van der Waals surface area contributed by atoms with Gasteiger partial charge in [-0.05, 0) is 13.0 Å². The molecule has 3 amide bonds. The van der Waals surface area contributed by atoms with Crippen molar-refractivity contribution in [1.82, 2.24) is 15.5 Å². The van der Waals surface area contributed by atoms with Crippen molar-refractivity contribution in [2.45, 2.75) is 19.0 Å². The van der Waals surface area contributed by atoms with E-state index in [1.54, 1.807) is 18.2 Å². The quantitative estimate of drug-likeness (QED) is 0.733. The summed E-state index contributed by atoms with van der Waals surface area (Å²) < 4.78 is 16.2. The Morgan fingerprint density at radius 2 is 2.00 bits per heavy atom. The number of imide groups is 1. The third-order valence-corrected chi connectivity index (χ3v) is 5.46. The van der Waals surface area contributed by atoms with Gasteiger partial charge in [-0.2, -0.15) is 0 Å². The summed E-state index contributed by atoms with van der Waals surface area (Å²) in [4.78, 5) is 39.3. The van der Waals surface area contributed by atoms with Gasteiger partial charge in [0.1, 0.15) is 12.8 Å². The SMILES string of the molecule is CCN1C(=O)NC(=O)C2C(c3cccc(OC)c3OC)C3=C(COC3=O)NC21. The zero-order chi connectivity index (χ0) is 20.0. The molecule has 0 bridgehead atoms. The number of cyclic esters (lactones) is 1. The average Bonchev–Trinajstić information content (AvgIpc) is 3.06. The number of carbonyl (C=O) groups excluding carboxylic acids is 3. The molecule has 0 spiro atoms. The minimum Gasteiger partial charge on any atom is -0.493 e. The fourth-order valence-electron chi connectivity index (χ4n) is 4.28. The van der Waals surface area contributed by atoms with Crippen molar-refractivity contribution < 1.29 is 28.6 Å². The number of urea groups is 1. The number of ether oxygens (including phenoxy) is 3. The molecule has 3 heterocycles. The molecule has 0 saturated carbocycles. The molecule has 1 aromatic carbocycles. The Bertz CT molecular complexity index is 896. The molecule has 28 heavy (non-hydrogen) atoms. The second kappa shape index (κ2) is 6.74. The highest BCUT2D eigenvalue weighted by Crippen LogP contribution is 2.48. The number of methoxy groups -OCH3 is 2. The number of amides is 3. The number of esters is 1. The summed E-state index contributed by atoms with van der Waals surface area (Å²) in [5.41, 5.74) is 1.60. The molecule has 4 rings (SSSR count). The van der Waals surface area contributed by atoms with Crippen molar-refractivity contribution in [2.24, 2.45) is 5.92 Å². The van der Waals surface area contributed by atoms with Gasteiger partial charge < -0.3 is 24.4 Å². The summed E-state index contributed by atoms with van der Waals surface area (Å²) in [5.74, 6) is -1.39. The van der Waals surface area contributed by atoms with E-state index < -0.39 is 35.9 Å². The van der Waals surface area contributed by atoms with Crippen molar-refractivity contribution in [3.8, 4) is 11.5 Å². The van der Waals surface area contributed by atoms with Gasteiger partial charge in [-0.1, -0.05) is 12.1 Å². The van der Waals surface area contributed by atoms with Gasteiger partial charge in [0.15, 0.2) is 11.5 Å². The summed E-state index contributed by atoms with van der Waals surface area (Å²) in [6.07, 6.45) is -0.597. The number of para-hydroxylation sites is 1. The Morgan fingerprint density at radius 1 is 1.21 bits per heavy atom. The molecule has 0 aliphatic carbocycles. The third kappa shape index (κ3) is 2.49. The molecule has 3 unspecified atom stereocenters. The highest BCUT2D eigenvalue weighted by atomic mass is 16.5. The molecule has 0 aromatic heterocycles. The van der Waals surface area contributed by atoms with Gasteiger partial charge in [-0.25, -0.2) is 9.59 Å². The van der Waals surface area contributed by atoms with Gasteiger partial charge in [0, 0.05) is 18.0 Å². The van der Waals surface area contributed by atoms with Crippen molar-refractivity contribution in [3.63, 3.8) is 0 Å². The Balaban J connectivity index is 1.93. The number of nitrogens with zero attached hydrogens (tertiary/aromatic N) is 1. The Labute approximate surface area is 161 Å². The van der Waals surface area contributed by atoms with Gasteiger partial charge in [-0.3, -0.25) is 10.1 Å². The summed E-state index contributed by atoms with van der Waals surface area (Å²) in [6.45, 7) is 2.30. The first-order chi connectivity index (χ1) is 13.5. The predicted octanol–water partition coefficient (Wildman–Crippen LogP) is 0.715. The minimum absolute atomic E-state index is 0.0769. The normalized spacial score (nSPS) is 26.2. The van der Waals surface area contributed by atoms with E-state index in [2.05, 4.69) is 10.6 Å². The van der Waals surface area contributed by atoms with Gasteiger partial charge in [0.05, 0.1) is 31.4 Å². The zero-order valence-corrected chi connectivity index (χ0v) is 15.8. The van der Waals surface area contributed by atoms with Crippen molar-refractivity contribution in [3.05, 3.63) is 35.0 Å². The molecule has 9 nitrogen and oxygen atoms in total. The first kappa shape index (κ1) is 18.1. The summed E-state index contributed by atoms with van der Waals surface area (Å²) >= 11 is 0. The van der Waals surface area contributed by atoms with E-state index in [1.165, 1.54) is 19.1 Å². The largest absolute Gasteiger partial charge is 0.493 e. The first-order valence-corrected chi connectivity index (χ1v) is 9.00. The van der Waals surface area contributed by atoms with Crippen LogP contribution in [0.4, 0.5) is 4.79 Å². The van der Waals surface area contributed by atoms with Crippen LogP contribution in [0, 0.1) is 5.92 Å². The molecule has 3 aliphatic heterocycles. The van der Waals surface area contributed by atoms with Crippen LogP contribution >= 0.6 is 0 Å². The highest BCUT2D eigenvalue weighted by Gasteiger charge is 2.54. The smallest absolute Gasteiger partial charge is 0.336 e. The maximum atomic E-state index is 12.9. The lowest BCUT2D eigenvalue weighted by Crippen LogP contribution is -2.67. The van der Waals surface area contributed by atoms with Crippen molar-refractivity contribution >= 4 is 17.9 Å². The fraction of sp³-hybridized carbons (Fsp3) is 0.421. The standard InChI is InChI=1S/C19H21N3O6/c1-4-22-16-14(17(23)21-19(22)25)12(13-10(20-16)8-28-18(13)24)9-6-5-7-11(26-2)15(9)27-3/h5-7,12,14,16,20H,4,8H2,1-3H3,(H,21,23,25). The van der Waals surface area contributed by atoms with Crippen molar-refractivity contribution in [2.75, 3.05) is 27.4 Å². The van der Waals surface area contributed by atoms with Crippen LogP contribution in [0.3, 0.4) is 0 Å². The summed E-state index contributed by atoms with van der Waals surface area (Å²) in [6, 6.07) is 4.85. The maximum absolute atomic E-state index is 12.9. The lowest BCUT2D eigenvalue weighted by molar-refractivity contribution is -0.136. The van der Waals surface area contributed by atoms with Crippen LogP contribution in [0.15, 0.2) is 29.5 Å². The molecule has 1 aromatic rings. The highest BCUT2D eigenvalue weighted by molar-refractivity contribution is 6.02. The van der Waals surface area contributed by atoms with Gasteiger partial charge >= 0.3 is 12.0 Å². The van der Waals surface area contributed by atoms with Crippen LogP contribution in [-0.4, -0.2) is 56.3 Å². The molecule has 1 fully saturated rings. The van der Waals surface area contributed by atoms with Crippen LogP contribution in [0.1, 0.15) is 18.4 Å². The zero-order valence-electron chi connectivity index (χ0n) is 15.8. The van der Waals surface area contributed by atoms with Crippen LogP contribution in [-0.2, 0) is 14.3 Å². The maximum Gasteiger partial charge on any atom is 0.336 e. The minimum atomic E-state index is -0.733. The Kier molecular flexibility index (Phi) is 4.37. The van der Waals surface area contributed by atoms with E-state index in [0.717, 1.165) is 0 Å². The summed E-state index contributed by atoms with van der Waals surface area (Å²) in [7, 11) is 3.02. The lowest BCUT2D eigenvalue weighted by atomic mass is 9.74. The number of hydrogen-bond donors (Lipinski definition) is 2. The molecular formula is C19H21N3O6. The monoisotopic (exact) mass is 387 g/mol. The molecule has 0 radical (unpaired) electrons. The Hall–Kier alpha value is -3.23. The first-order valence-electron chi connectivity index (χ1n) is 9.00. The molecule has 1 saturated heterocycles. The number of fused-ring (bicyclic) bond motifs is 1.